The first-order valence-electron chi connectivity index (χ1n) is 12.4. The number of amides is 3. The zero-order valence-electron chi connectivity index (χ0n) is 22.2. The first-order valence-corrected chi connectivity index (χ1v) is 12.4. The molecule has 1 fully saturated rings. The molecule has 10 heteroatoms. The number of nitrogens with one attached hydrogen (secondary N) is 3. The van der Waals surface area contributed by atoms with Crippen molar-refractivity contribution in [3.05, 3.63) is 12.2 Å². The van der Waals surface area contributed by atoms with Gasteiger partial charge in [0.15, 0.2) is 0 Å². The lowest BCUT2D eigenvalue weighted by molar-refractivity contribution is -0.137. The van der Waals surface area contributed by atoms with Crippen LogP contribution >= 0.6 is 0 Å². The summed E-state index contributed by atoms with van der Waals surface area (Å²) in [7, 11) is 0. The van der Waals surface area contributed by atoms with Crippen molar-refractivity contribution < 1.29 is 28.7 Å². The van der Waals surface area contributed by atoms with Gasteiger partial charge in [0.1, 0.15) is 12.1 Å². The van der Waals surface area contributed by atoms with Crippen LogP contribution in [-0.2, 0) is 28.7 Å². The van der Waals surface area contributed by atoms with Crippen molar-refractivity contribution in [2.45, 2.75) is 97.6 Å². The first kappa shape index (κ1) is 30.6. The Balaban J connectivity index is 2.96. The molecule has 0 saturated carbocycles. The Morgan fingerprint density at radius 1 is 1.17 bits per heavy atom. The van der Waals surface area contributed by atoms with E-state index in [9.17, 15) is 19.2 Å². The van der Waals surface area contributed by atoms with Crippen LogP contribution in [0.15, 0.2) is 12.2 Å². The van der Waals surface area contributed by atoms with Gasteiger partial charge in [-0.15, -0.1) is 0 Å². The molecule has 0 aromatic rings. The van der Waals surface area contributed by atoms with E-state index in [0.717, 1.165) is 0 Å². The molecule has 0 radical (unpaired) electrons. The molecule has 5 N–H and O–H groups in total. The highest BCUT2D eigenvalue weighted by molar-refractivity contribution is 5.90. The number of carbonyl (C=O) groups is 4. The number of rotatable bonds is 13. The Bertz CT molecular complexity index is 762. The van der Waals surface area contributed by atoms with E-state index in [1.165, 1.54) is 12.2 Å². The molecule has 0 aromatic heterocycles. The standard InChI is InChI=1S/C25H44N4O6/c1-8-34-20(30)10-9-18(14-17-11-12-27-22(17)31)28-23(32)19(13-15(2)3)29-24(33)21(26)16(4)35-25(5,6)7/h9-10,15-19,21H,8,11-14,26H2,1-7H3,(H,27,31)(H,28,32)(H,29,33)/b10-9+/t16?,17-,18+,19-,21-/m0/s1. The monoisotopic (exact) mass is 496 g/mol. The molecule has 5 atom stereocenters. The predicted octanol–water partition coefficient (Wildman–Crippen LogP) is 1.18. The number of hydrogen-bond donors (Lipinski definition) is 4. The molecule has 0 spiro atoms. The minimum Gasteiger partial charge on any atom is -0.463 e. The Morgan fingerprint density at radius 2 is 1.83 bits per heavy atom. The van der Waals surface area contributed by atoms with E-state index in [1.807, 2.05) is 34.6 Å². The molecule has 0 aromatic carbocycles. The van der Waals surface area contributed by atoms with Crippen LogP contribution in [0.2, 0.25) is 0 Å². The fraction of sp³-hybridized carbons (Fsp3) is 0.760. The minimum absolute atomic E-state index is 0.0837. The van der Waals surface area contributed by atoms with Crippen LogP contribution < -0.4 is 21.7 Å². The van der Waals surface area contributed by atoms with Crippen LogP contribution in [0.3, 0.4) is 0 Å². The molecule has 1 rings (SSSR count). The summed E-state index contributed by atoms with van der Waals surface area (Å²) < 4.78 is 10.7. The number of nitrogens with two attached hydrogens (primary N) is 1. The molecule has 1 aliphatic heterocycles. The SMILES string of the molecule is CCOC(=O)/C=C/[C@H](C[C@@H]1CCNC1=O)NC(=O)[C@H](CC(C)C)NC(=O)[C@@H](N)C(C)OC(C)(C)C. The molecular weight excluding hydrogens is 452 g/mol. The van der Waals surface area contributed by atoms with Crippen molar-refractivity contribution >= 4 is 23.7 Å². The van der Waals surface area contributed by atoms with Crippen molar-refractivity contribution in [3.8, 4) is 0 Å². The average molecular weight is 497 g/mol. The second-order valence-corrected chi connectivity index (χ2v) is 10.4. The van der Waals surface area contributed by atoms with Crippen molar-refractivity contribution in [3.63, 3.8) is 0 Å². The summed E-state index contributed by atoms with van der Waals surface area (Å²) >= 11 is 0. The minimum atomic E-state index is -0.960. The summed E-state index contributed by atoms with van der Waals surface area (Å²) in [6.07, 6.45) is 3.58. The van der Waals surface area contributed by atoms with E-state index in [4.69, 9.17) is 15.2 Å². The van der Waals surface area contributed by atoms with Gasteiger partial charge >= 0.3 is 5.97 Å². The van der Waals surface area contributed by atoms with E-state index < -0.39 is 47.6 Å². The first-order chi connectivity index (χ1) is 16.2. The van der Waals surface area contributed by atoms with Crippen molar-refractivity contribution in [2.24, 2.45) is 17.6 Å². The van der Waals surface area contributed by atoms with Crippen molar-refractivity contribution in [1.82, 2.24) is 16.0 Å². The molecule has 1 saturated heterocycles. The summed E-state index contributed by atoms with van der Waals surface area (Å²) in [5.74, 6) is -1.70. The number of carbonyl (C=O) groups excluding carboxylic acids is 4. The van der Waals surface area contributed by atoms with Gasteiger partial charge in [-0.1, -0.05) is 19.9 Å². The van der Waals surface area contributed by atoms with Gasteiger partial charge in [0, 0.05) is 24.6 Å². The van der Waals surface area contributed by atoms with Gasteiger partial charge in [0.05, 0.1) is 18.3 Å². The Labute approximate surface area is 209 Å². The Hall–Kier alpha value is -2.46. The fourth-order valence-corrected chi connectivity index (χ4v) is 3.85. The average Bonchev–Trinajstić information content (AvgIpc) is 3.13. The predicted molar refractivity (Wildman–Crippen MR) is 133 cm³/mol. The zero-order valence-corrected chi connectivity index (χ0v) is 22.2. The van der Waals surface area contributed by atoms with E-state index in [0.29, 0.717) is 25.8 Å². The number of hydrogen-bond acceptors (Lipinski definition) is 7. The Morgan fingerprint density at radius 3 is 2.34 bits per heavy atom. The second-order valence-electron chi connectivity index (χ2n) is 10.4. The molecule has 10 nitrogen and oxygen atoms in total. The third-order valence-corrected chi connectivity index (χ3v) is 5.47. The highest BCUT2D eigenvalue weighted by atomic mass is 16.5. The van der Waals surface area contributed by atoms with Crippen LogP contribution in [0.1, 0.15) is 67.7 Å². The third-order valence-electron chi connectivity index (χ3n) is 5.47. The number of ether oxygens (including phenoxy) is 2. The van der Waals surface area contributed by atoms with Gasteiger partial charge in [-0.25, -0.2) is 4.79 Å². The molecule has 0 bridgehead atoms. The maximum Gasteiger partial charge on any atom is 0.330 e. The van der Waals surface area contributed by atoms with Gasteiger partial charge in [0.2, 0.25) is 17.7 Å². The summed E-state index contributed by atoms with van der Waals surface area (Å²) in [5, 5.41) is 8.41. The van der Waals surface area contributed by atoms with Gasteiger partial charge in [-0.05, 0) is 59.8 Å². The molecule has 1 unspecified atom stereocenters. The van der Waals surface area contributed by atoms with Gasteiger partial charge < -0.3 is 31.2 Å². The summed E-state index contributed by atoms with van der Waals surface area (Å²) in [4.78, 5) is 50.0. The summed E-state index contributed by atoms with van der Waals surface area (Å²) in [5.41, 5.74) is 5.63. The third kappa shape index (κ3) is 11.7. The fourth-order valence-electron chi connectivity index (χ4n) is 3.85. The van der Waals surface area contributed by atoms with Crippen molar-refractivity contribution in [1.29, 1.82) is 0 Å². The van der Waals surface area contributed by atoms with Crippen LogP contribution in [-0.4, -0.2) is 66.7 Å². The molecule has 35 heavy (non-hydrogen) atoms. The van der Waals surface area contributed by atoms with E-state index >= 15 is 0 Å². The lowest BCUT2D eigenvalue weighted by Gasteiger charge is -2.30. The lowest BCUT2D eigenvalue weighted by Crippen LogP contribution is -2.56. The maximum absolute atomic E-state index is 13.2. The Kier molecular flexibility index (Phi) is 12.4. The summed E-state index contributed by atoms with van der Waals surface area (Å²) in [6.45, 7) is 13.7. The topological polar surface area (TPSA) is 149 Å². The van der Waals surface area contributed by atoms with Crippen LogP contribution in [0.5, 0.6) is 0 Å². The van der Waals surface area contributed by atoms with Crippen LogP contribution in [0.4, 0.5) is 0 Å². The second kappa shape index (κ2) is 14.2. The summed E-state index contributed by atoms with van der Waals surface area (Å²) in [6, 6.07) is -2.39. The largest absolute Gasteiger partial charge is 0.463 e. The van der Waals surface area contributed by atoms with Gasteiger partial charge in [-0.2, -0.15) is 0 Å². The quantitative estimate of drug-likeness (QED) is 0.221. The molecule has 3 amide bonds. The highest BCUT2D eigenvalue weighted by Gasteiger charge is 2.32. The normalized spacial score (nSPS) is 19.7. The molecular formula is C25H44N4O6. The van der Waals surface area contributed by atoms with Crippen LogP contribution in [0, 0.1) is 11.8 Å². The van der Waals surface area contributed by atoms with Gasteiger partial charge in [0.25, 0.3) is 0 Å². The van der Waals surface area contributed by atoms with E-state index in [1.54, 1.807) is 13.8 Å². The molecule has 0 aliphatic carbocycles. The molecule has 1 heterocycles. The highest BCUT2D eigenvalue weighted by Crippen LogP contribution is 2.18. The van der Waals surface area contributed by atoms with E-state index in [2.05, 4.69) is 16.0 Å². The molecule has 1 aliphatic rings. The van der Waals surface area contributed by atoms with Crippen LogP contribution in [0.25, 0.3) is 0 Å². The number of esters is 1. The van der Waals surface area contributed by atoms with Crippen molar-refractivity contribution in [2.75, 3.05) is 13.2 Å². The molecule has 200 valence electrons. The lowest BCUT2D eigenvalue weighted by atomic mass is 9.96. The van der Waals surface area contributed by atoms with Gasteiger partial charge in [-0.3, -0.25) is 14.4 Å². The zero-order chi connectivity index (χ0) is 26.8. The smallest absolute Gasteiger partial charge is 0.330 e. The maximum atomic E-state index is 13.2. The van der Waals surface area contributed by atoms with E-state index in [-0.39, 0.29) is 24.3 Å².